The molecule has 1 amide bonds. The number of anilines is 1. The first kappa shape index (κ1) is 23.6. The molecule has 0 fully saturated rings. The molecule has 0 unspecified atom stereocenters. The van der Waals surface area contributed by atoms with E-state index in [0.717, 1.165) is 30.4 Å². The Labute approximate surface area is 193 Å². The molecule has 2 aromatic rings. The van der Waals surface area contributed by atoms with Crippen molar-refractivity contribution < 1.29 is 19.1 Å². The van der Waals surface area contributed by atoms with Gasteiger partial charge in [-0.3, -0.25) is 4.79 Å². The number of aryl methyl sites for hydroxylation is 1. The quantitative estimate of drug-likeness (QED) is 0.529. The average Bonchev–Trinajstić information content (AvgIpc) is 3.03. The zero-order valence-corrected chi connectivity index (χ0v) is 20.3. The van der Waals surface area contributed by atoms with Gasteiger partial charge in [-0.2, -0.15) is 0 Å². The second kappa shape index (κ2) is 9.61. The van der Waals surface area contributed by atoms with Crippen molar-refractivity contribution in [1.29, 1.82) is 0 Å². The number of amides is 1. The van der Waals surface area contributed by atoms with Crippen LogP contribution in [-0.2, 0) is 22.4 Å². The molecule has 0 saturated heterocycles. The number of esters is 1. The van der Waals surface area contributed by atoms with Crippen LogP contribution in [0.5, 0.6) is 5.75 Å². The molecule has 168 valence electrons. The average molecular weight is 464 g/mol. The minimum atomic E-state index is -0.376. The highest BCUT2D eigenvalue weighted by molar-refractivity contribution is 7.17. The molecule has 1 aromatic carbocycles. The SMILES string of the molecule is CCOC(=O)c1c(NC(=O)COc2ccc(Cl)cc2C)sc2c1CC[C@@H](C(C)(C)C)C2. The smallest absolute Gasteiger partial charge is 0.341 e. The van der Waals surface area contributed by atoms with Crippen molar-refractivity contribution in [2.45, 2.75) is 53.9 Å². The fourth-order valence-corrected chi connectivity index (χ4v) is 5.47. The Bertz CT molecular complexity index is 977. The van der Waals surface area contributed by atoms with E-state index in [1.165, 1.54) is 16.2 Å². The van der Waals surface area contributed by atoms with E-state index in [9.17, 15) is 9.59 Å². The van der Waals surface area contributed by atoms with Crippen LogP contribution in [0, 0.1) is 18.3 Å². The largest absolute Gasteiger partial charge is 0.483 e. The van der Waals surface area contributed by atoms with Crippen molar-refractivity contribution in [2.24, 2.45) is 11.3 Å². The Balaban J connectivity index is 1.78. The summed E-state index contributed by atoms with van der Waals surface area (Å²) in [4.78, 5) is 26.5. The summed E-state index contributed by atoms with van der Waals surface area (Å²) in [6.45, 7) is 10.5. The molecule has 0 spiro atoms. The minimum absolute atomic E-state index is 0.155. The number of halogens is 1. The molecule has 1 heterocycles. The number of ether oxygens (including phenoxy) is 2. The molecule has 0 aliphatic heterocycles. The molecular weight excluding hydrogens is 434 g/mol. The number of benzene rings is 1. The number of fused-ring (bicyclic) bond motifs is 1. The summed E-state index contributed by atoms with van der Waals surface area (Å²) in [5.74, 6) is 0.446. The predicted octanol–water partition coefficient (Wildman–Crippen LogP) is 6.06. The number of nitrogens with one attached hydrogen (secondary N) is 1. The highest BCUT2D eigenvalue weighted by Gasteiger charge is 2.34. The van der Waals surface area contributed by atoms with Gasteiger partial charge in [-0.1, -0.05) is 32.4 Å². The number of rotatable bonds is 6. The Morgan fingerprint density at radius 3 is 2.68 bits per heavy atom. The van der Waals surface area contributed by atoms with Gasteiger partial charge in [-0.05, 0) is 73.8 Å². The Morgan fingerprint density at radius 1 is 1.29 bits per heavy atom. The van der Waals surface area contributed by atoms with Crippen molar-refractivity contribution in [3.05, 3.63) is 44.8 Å². The summed E-state index contributed by atoms with van der Waals surface area (Å²) in [6, 6.07) is 5.25. The molecule has 7 heteroatoms. The van der Waals surface area contributed by atoms with Crippen LogP contribution < -0.4 is 10.1 Å². The molecule has 3 rings (SSSR count). The molecule has 1 aliphatic rings. The summed E-state index contributed by atoms with van der Waals surface area (Å²) in [6.07, 6.45) is 2.75. The van der Waals surface area contributed by atoms with Gasteiger partial charge in [0.15, 0.2) is 6.61 Å². The lowest BCUT2D eigenvalue weighted by molar-refractivity contribution is -0.118. The molecule has 0 radical (unpaired) electrons. The highest BCUT2D eigenvalue weighted by Crippen LogP contribution is 2.44. The number of hydrogen-bond donors (Lipinski definition) is 1. The molecule has 1 aromatic heterocycles. The number of thiophene rings is 1. The standard InChI is InChI=1S/C24H30ClNO4S/c1-6-29-23(28)21-17-9-7-15(24(3,4)5)12-19(17)31-22(21)26-20(27)13-30-18-10-8-16(25)11-14(18)2/h8,10-11,15H,6-7,9,12-13H2,1-5H3,(H,26,27)/t15-/m1/s1. The Kier molecular flexibility index (Phi) is 7.32. The highest BCUT2D eigenvalue weighted by atomic mass is 35.5. The maximum atomic E-state index is 12.7. The second-order valence-corrected chi connectivity index (χ2v) is 10.5. The van der Waals surface area contributed by atoms with Crippen LogP contribution in [-0.4, -0.2) is 25.1 Å². The Hall–Kier alpha value is -2.05. The van der Waals surface area contributed by atoms with Gasteiger partial charge in [-0.25, -0.2) is 4.79 Å². The molecule has 1 N–H and O–H groups in total. The fraction of sp³-hybridized carbons (Fsp3) is 0.500. The summed E-state index contributed by atoms with van der Waals surface area (Å²) in [7, 11) is 0. The van der Waals surface area contributed by atoms with E-state index in [0.29, 0.717) is 33.9 Å². The third kappa shape index (κ3) is 5.60. The maximum Gasteiger partial charge on any atom is 0.341 e. The monoisotopic (exact) mass is 463 g/mol. The van der Waals surface area contributed by atoms with Gasteiger partial charge in [-0.15, -0.1) is 11.3 Å². The van der Waals surface area contributed by atoms with Gasteiger partial charge in [0.2, 0.25) is 0 Å². The van der Waals surface area contributed by atoms with Gasteiger partial charge in [0.25, 0.3) is 5.91 Å². The number of carbonyl (C=O) groups excluding carboxylic acids is 2. The van der Waals surface area contributed by atoms with Crippen LogP contribution in [0.2, 0.25) is 5.02 Å². The van der Waals surface area contributed by atoms with Gasteiger partial charge in [0.1, 0.15) is 10.8 Å². The lowest BCUT2D eigenvalue weighted by Gasteiger charge is -2.33. The van der Waals surface area contributed by atoms with E-state index in [-0.39, 0.29) is 23.9 Å². The van der Waals surface area contributed by atoms with Crippen molar-refractivity contribution in [1.82, 2.24) is 0 Å². The van der Waals surface area contributed by atoms with Gasteiger partial charge in [0.05, 0.1) is 12.2 Å². The zero-order valence-electron chi connectivity index (χ0n) is 18.8. The molecule has 0 saturated carbocycles. The molecule has 1 atom stereocenters. The van der Waals surface area contributed by atoms with Crippen molar-refractivity contribution >= 4 is 39.8 Å². The van der Waals surface area contributed by atoms with E-state index in [1.807, 2.05) is 6.92 Å². The predicted molar refractivity (Wildman–Crippen MR) is 126 cm³/mol. The summed E-state index contributed by atoms with van der Waals surface area (Å²) in [5, 5.41) is 4.06. The first-order valence-corrected chi connectivity index (χ1v) is 11.8. The fourth-order valence-electron chi connectivity index (χ4n) is 3.91. The van der Waals surface area contributed by atoms with Crippen LogP contribution in [0.4, 0.5) is 5.00 Å². The third-order valence-electron chi connectivity index (χ3n) is 5.72. The van der Waals surface area contributed by atoms with Crippen molar-refractivity contribution in [3.8, 4) is 5.75 Å². The van der Waals surface area contributed by atoms with Gasteiger partial charge >= 0.3 is 5.97 Å². The summed E-state index contributed by atoms with van der Waals surface area (Å²) in [5.41, 5.74) is 2.57. The van der Waals surface area contributed by atoms with Crippen molar-refractivity contribution in [2.75, 3.05) is 18.5 Å². The minimum Gasteiger partial charge on any atom is -0.483 e. The lowest BCUT2D eigenvalue weighted by atomic mass is 9.72. The molecule has 0 bridgehead atoms. The van der Waals surface area contributed by atoms with Crippen LogP contribution in [0.15, 0.2) is 18.2 Å². The van der Waals surface area contributed by atoms with E-state index in [1.54, 1.807) is 25.1 Å². The normalized spacial score (nSPS) is 15.9. The van der Waals surface area contributed by atoms with E-state index in [2.05, 4.69) is 26.1 Å². The third-order valence-corrected chi connectivity index (χ3v) is 7.12. The molecule has 31 heavy (non-hydrogen) atoms. The molecule has 1 aliphatic carbocycles. The topological polar surface area (TPSA) is 64.6 Å². The molecular formula is C24H30ClNO4S. The van der Waals surface area contributed by atoms with E-state index >= 15 is 0 Å². The van der Waals surface area contributed by atoms with Crippen molar-refractivity contribution in [3.63, 3.8) is 0 Å². The first-order valence-electron chi connectivity index (χ1n) is 10.6. The van der Waals surface area contributed by atoms with Crippen LogP contribution in [0.1, 0.15) is 60.5 Å². The Morgan fingerprint density at radius 2 is 2.03 bits per heavy atom. The van der Waals surface area contributed by atoms with Gasteiger partial charge < -0.3 is 14.8 Å². The van der Waals surface area contributed by atoms with Gasteiger partial charge in [0, 0.05) is 9.90 Å². The van der Waals surface area contributed by atoms with Crippen LogP contribution in [0.25, 0.3) is 0 Å². The maximum absolute atomic E-state index is 12.7. The number of hydrogen-bond acceptors (Lipinski definition) is 5. The van der Waals surface area contributed by atoms with E-state index < -0.39 is 0 Å². The number of carbonyl (C=O) groups is 2. The zero-order chi connectivity index (χ0) is 22.8. The summed E-state index contributed by atoms with van der Waals surface area (Å²) < 4.78 is 11.0. The summed E-state index contributed by atoms with van der Waals surface area (Å²) >= 11 is 7.46. The van der Waals surface area contributed by atoms with Crippen LogP contribution in [0.3, 0.4) is 0 Å². The first-order chi connectivity index (χ1) is 14.6. The lowest BCUT2D eigenvalue weighted by Crippen LogP contribution is -2.26. The van der Waals surface area contributed by atoms with E-state index in [4.69, 9.17) is 21.1 Å². The molecule has 5 nitrogen and oxygen atoms in total. The second-order valence-electron chi connectivity index (χ2n) is 8.98. The van der Waals surface area contributed by atoms with Crippen LogP contribution >= 0.6 is 22.9 Å².